The summed E-state index contributed by atoms with van der Waals surface area (Å²) in [6.07, 6.45) is -5.56. The number of hydrogen-bond acceptors (Lipinski definition) is 6. The van der Waals surface area contributed by atoms with Gasteiger partial charge in [-0.15, -0.1) is 0 Å². The van der Waals surface area contributed by atoms with E-state index in [1.54, 1.807) is 30.3 Å². The fourth-order valence-electron chi connectivity index (χ4n) is 3.10. The van der Waals surface area contributed by atoms with E-state index >= 15 is 0 Å². The van der Waals surface area contributed by atoms with E-state index in [2.05, 4.69) is 15.6 Å². The van der Waals surface area contributed by atoms with E-state index in [0.717, 1.165) is 6.07 Å². The number of benzene rings is 1. The Balaban J connectivity index is 1.60. The molecule has 2 aromatic heterocycles. The van der Waals surface area contributed by atoms with Gasteiger partial charge in [-0.3, -0.25) is 0 Å². The summed E-state index contributed by atoms with van der Waals surface area (Å²) in [5.41, 5.74) is 2.82. The van der Waals surface area contributed by atoms with Gasteiger partial charge in [0.15, 0.2) is 0 Å². The lowest BCUT2D eigenvalue weighted by Crippen LogP contribution is -2.17. The summed E-state index contributed by atoms with van der Waals surface area (Å²) in [4.78, 5) is 4.30. The number of hydrogen-bond donors (Lipinski definition) is 3. The third-order valence-electron chi connectivity index (χ3n) is 4.41. The number of aromatic nitrogens is 1. The molecule has 3 heterocycles. The third kappa shape index (κ3) is 3.24. The number of anilines is 3. The number of ether oxygens (including phenoxy) is 1. The van der Waals surface area contributed by atoms with Crippen LogP contribution in [-0.2, 0) is 12.7 Å². The molecule has 3 aromatic rings. The first-order chi connectivity index (χ1) is 13.4. The van der Waals surface area contributed by atoms with Gasteiger partial charge in [-0.2, -0.15) is 13.2 Å². The highest BCUT2D eigenvalue weighted by molar-refractivity contribution is 5.78. The maximum atomic E-state index is 12.7. The Morgan fingerprint density at radius 3 is 2.71 bits per heavy atom. The van der Waals surface area contributed by atoms with Gasteiger partial charge >= 0.3 is 6.18 Å². The van der Waals surface area contributed by atoms with Crippen LogP contribution in [0.3, 0.4) is 0 Å². The second kappa shape index (κ2) is 6.75. The van der Waals surface area contributed by atoms with Gasteiger partial charge in [-0.05, 0) is 30.3 Å². The number of halogens is 3. The molecule has 1 aliphatic heterocycles. The quantitative estimate of drug-likeness (QED) is 0.610. The van der Waals surface area contributed by atoms with Crippen LogP contribution in [-0.4, -0.2) is 17.2 Å². The first-order valence-corrected chi connectivity index (χ1v) is 8.39. The largest absolute Gasteiger partial charge is 0.481 e. The number of methoxy groups -OCH3 is 1. The molecule has 1 aromatic carbocycles. The number of fused-ring (bicyclic) bond motifs is 2. The number of aliphatic hydroxyl groups excluding tert-OH is 1. The molecule has 28 heavy (non-hydrogen) atoms. The average molecular weight is 391 g/mol. The number of nitrogens with one attached hydrogen (secondary N) is 2. The van der Waals surface area contributed by atoms with Crippen LogP contribution in [0.4, 0.5) is 30.2 Å². The Labute approximate surface area is 158 Å². The van der Waals surface area contributed by atoms with E-state index in [1.807, 2.05) is 0 Å². The highest BCUT2D eigenvalue weighted by Crippen LogP contribution is 2.43. The number of rotatable bonds is 4. The molecular weight excluding hydrogens is 375 g/mol. The third-order valence-corrected chi connectivity index (χ3v) is 4.41. The van der Waals surface area contributed by atoms with Gasteiger partial charge in [0.05, 0.1) is 19.3 Å². The molecule has 1 atom stereocenters. The average Bonchev–Trinajstić information content (AvgIpc) is 3.15. The van der Waals surface area contributed by atoms with Crippen LogP contribution >= 0.6 is 0 Å². The van der Waals surface area contributed by atoms with Crippen LogP contribution in [0.5, 0.6) is 5.88 Å². The van der Waals surface area contributed by atoms with Gasteiger partial charge in [0, 0.05) is 23.0 Å². The zero-order valence-electron chi connectivity index (χ0n) is 14.7. The van der Waals surface area contributed by atoms with Gasteiger partial charge in [0.2, 0.25) is 11.6 Å². The van der Waals surface area contributed by atoms with Crippen molar-refractivity contribution in [1.29, 1.82) is 0 Å². The molecule has 3 N–H and O–H groups in total. The molecule has 0 spiro atoms. The first kappa shape index (κ1) is 18.2. The number of furan rings is 1. The molecule has 1 unspecified atom stereocenters. The maximum absolute atomic E-state index is 12.7. The second-order valence-electron chi connectivity index (χ2n) is 6.20. The zero-order chi connectivity index (χ0) is 19.9. The molecule has 0 aliphatic carbocycles. The minimum Gasteiger partial charge on any atom is -0.481 e. The van der Waals surface area contributed by atoms with Crippen LogP contribution in [0, 0.1) is 0 Å². The standard InChI is InChI=1S/C19H16F3N3O3/c1-27-15-8-6-13-17(25-15)18(26)16-11(3-2-4-12(16)24-13)23-9-10-5-7-14(28-10)19(20,21)22/h2-8,18,23-24,26H,9H2,1H3. The smallest absolute Gasteiger partial charge is 0.449 e. The minimum atomic E-state index is -4.53. The summed E-state index contributed by atoms with van der Waals surface area (Å²) in [5, 5.41) is 17.1. The lowest BCUT2D eigenvalue weighted by atomic mass is 9.96. The Bertz CT molecular complexity index is 1020. The molecule has 0 bridgehead atoms. The van der Waals surface area contributed by atoms with E-state index in [4.69, 9.17) is 9.15 Å². The van der Waals surface area contributed by atoms with Crippen molar-refractivity contribution in [2.24, 2.45) is 0 Å². The van der Waals surface area contributed by atoms with Crippen molar-refractivity contribution >= 4 is 17.1 Å². The summed E-state index contributed by atoms with van der Waals surface area (Å²) in [6.45, 7) is 0.0254. The molecule has 0 radical (unpaired) electrons. The summed E-state index contributed by atoms with van der Waals surface area (Å²) in [6, 6.07) is 10.9. The van der Waals surface area contributed by atoms with Gasteiger partial charge < -0.3 is 24.9 Å². The fourth-order valence-corrected chi connectivity index (χ4v) is 3.10. The number of pyridine rings is 1. The van der Waals surface area contributed by atoms with Crippen molar-refractivity contribution in [2.75, 3.05) is 17.7 Å². The SMILES string of the molecule is COc1ccc2c(n1)C(O)c1c(NCc3ccc(C(F)(F)F)o3)cccc1N2. The molecule has 1 aliphatic rings. The summed E-state index contributed by atoms with van der Waals surface area (Å²) < 4.78 is 48.0. The molecule has 9 heteroatoms. The molecule has 4 rings (SSSR count). The molecule has 6 nitrogen and oxygen atoms in total. The predicted molar refractivity (Wildman–Crippen MR) is 95.6 cm³/mol. The Kier molecular flexibility index (Phi) is 4.38. The van der Waals surface area contributed by atoms with E-state index in [-0.39, 0.29) is 12.3 Å². The fraction of sp³-hybridized carbons (Fsp3) is 0.211. The van der Waals surface area contributed by atoms with E-state index < -0.39 is 18.0 Å². The van der Waals surface area contributed by atoms with Crippen molar-refractivity contribution < 1.29 is 27.4 Å². The highest BCUT2D eigenvalue weighted by atomic mass is 19.4. The van der Waals surface area contributed by atoms with Crippen LogP contribution in [0.2, 0.25) is 0 Å². The van der Waals surface area contributed by atoms with E-state index in [9.17, 15) is 18.3 Å². The van der Waals surface area contributed by atoms with Gasteiger partial charge in [0.1, 0.15) is 17.6 Å². The van der Waals surface area contributed by atoms with E-state index in [1.165, 1.54) is 13.2 Å². The number of alkyl halides is 3. The molecular formula is C19H16F3N3O3. The Morgan fingerprint density at radius 2 is 2.00 bits per heavy atom. The molecule has 0 saturated carbocycles. The van der Waals surface area contributed by atoms with Gasteiger partial charge in [0.25, 0.3) is 0 Å². The monoisotopic (exact) mass is 391 g/mol. The van der Waals surface area contributed by atoms with Crippen LogP contribution < -0.4 is 15.4 Å². The topological polar surface area (TPSA) is 79.6 Å². The van der Waals surface area contributed by atoms with Crippen LogP contribution in [0.15, 0.2) is 46.9 Å². The maximum Gasteiger partial charge on any atom is 0.449 e. The number of nitrogens with zero attached hydrogens (tertiary/aromatic N) is 1. The lowest BCUT2D eigenvalue weighted by Gasteiger charge is -2.27. The highest BCUT2D eigenvalue weighted by Gasteiger charge is 2.34. The Hall–Kier alpha value is -3.20. The molecule has 0 saturated heterocycles. The Morgan fingerprint density at radius 1 is 1.18 bits per heavy atom. The second-order valence-corrected chi connectivity index (χ2v) is 6.20. The van der Waals surface area contributed by atoms with Crippen LogP contribution in [0.25, 0.3) is 0 Å². The van der Waals surface area contributed by atoms with Crippen molar-refractivity contribution in [2.45, 2.75) is 18.8 Å². The minimum absolute atomic E-state index is 0.0254. The summed E-state index contributed by atoms with van der Waals surface area (Å²) in [5.74, 6) is -0.557. The zero-order valence-corrected chi connectivity index (χ0v) is 14.7. The van der Waals surface area contributed by atoms with Crippen molar-refractivity contribution in [3.63, 3.8) is 0 Å². The lowest BCUT2D eigenvalue weighted by molar-refractivity contribution is -0.153. The van der Waals surface area contributed by atoms with Gasteiger partial charge in [-0.1, -0.05) is 6.07 Å². The van der Waals surface area contributed by atoms with Gasteiger partial charge in [-0.25, -0.2) is 4.98 Å². The number of aliphatic hydroxyl groups is 1. The van der Waals surface area contributed by atoms with Crippen molar-refractivity contribution in [1.82, 2.24) is 4.98 Å². The summed E-state index contributed by atoms with van der Waals surface area (Å²) in [7, 11) is 1.48. The molecule has 146 valence electrons. The van der Waals surface area contributed by atoms with Crippen molar-refractivity contribution in [3.05, 3.63) is 65.2 Å². The first-order valence-electron chi connectivity index (χ1n) is 8.39. The predicted octanol–water partition coefficient (Wildman–Crippen LogP) is 4.45. The summed E-state index contributed by atoms with van der Waals surface area (Å²) >= 11 is 0. The molecule has 0 fully saturated rings. The van der Waals surface area contributed by atoms with Crippen LogP contribution in [0.1, 0.15) is 28.9 Å². The molecule has 0 amide bonds. The van der Waals surface area contributed by atoms with Crippen molar-refractivity contribution in [3.8, 4) is 5.88 Å². The van der Waals surface area contributed by atoms with E-state index in [0.29, 0.717) is 34.2 Å². The normalized spacial score (nSPS) is 15.4.